The topological polar surface area (TPSA) is 113 Å². The third-order valence-corrected chi connectivity index (χ3v) is 5.88. The number of carbonyl (C=O) groups is 1. The minimum atomic E-state index is -0.567. The lowest BCUT2D eigenvalue weighted by Gasteiger charge is -2.27. The van der Waals surface area contributed by atoms with Crippen molar-refractivity contribution in [1.82, 2.24) is 0 Å². The van der Waals surface area contributed by atoms with Gasteiger partial charge in [-0.05, 0) is 49.2 Å². The Balaban J connectivity index is 1.58. The van der Waals surface area contributed by atoms with E-state index in [1.54, 1.807) is 30.3 Å². The molecule has 4 rings (SSSR count). The zero-order valence-corrected chi connectivity index (χ0v) is 21.4. The third kappa shape index (κ3) is 6.19. The molecule has 8 nitrogen and oxygen atoms in total. The first-order valence-electron chi connectivity index (χ1n) is 12.5. The first-order chi connectivity index (χ1) is 18.5. The van der Waals surface area contributed by atoms with Crippen molar-refractivity contribution in [3.05, 3.63) is 89.3 Å². The smallest absolute Gasteiger partial charge is 0.349 e. The van der Waals surface area contributed by atoms with Crippen LogP contribution in [0.3, 0.4) is 0 Å². The molecule has 196 valence electrons. The van der Waals surface area contributed by atoms with E-state index in [1.807, 2.05) is 43.3 Å². The molecule has 0 fully saturated rings. The van der Waals surface area contributed by atoms with E-state index >= 15 is 0 Å². The molecular weight excluding hydrogens is 484 g/mol. The minimum absolute atomic E-state index is 0.0119. The highest BCUT2D eigenvalue weighted by Gasteiger charge is 2.32. The summed E-state index contributed by atoms with van der Waals surface area (Å²) in [6.45, 7) is 4.80. The Kier molecular flexibility index (Phi) is 8.73. The lowest BCUT2D eigenvalue weighted by atomic mass is 9.83. The summed E-state index contributed by atoms with van der Waals surface area (Å²) in [5.74, 6) is 1.38. The van der Waals surface area contributed by atoms with Crippen molar-refractivity contribution >= 4 is 5.97 Å². The summed E-state index contributed by atoms with van der Waals surface area (Å²) in [5.41, 5.74) is 7.93. The number of nitriles is 1. The van der Waals surface area contributed by atoms with Crippen LogP contribution in [0.5, 0.6) is 28.7 Å². The average Bonchev–Trinajstić information content (AvgIpc) is 2.92. The molecule has 3 aromatic carbocycles. The maximum atomic E-state index is 12.3. The summed E-state index contributed by atoms with van der Waals surface area (Å²) in [6, 6.07) is 21.8. The Morgan fingerprint density at radius 1 is 0.974 bits per heavy atom. The molecule has 0 saturated carbocycles. The zero-order valence-electron chi connectivity index (χ0n) is 21.4. The summed E-state index contributed by atoms with van der Waals surface area (Å²) in [7, 11) is 0. The molecule has 1 heterocycles. The largest absolute Gasteiger partial charge is 0.490 e. The van der Waals surface area contributed by atoms with Crippen molar-refractivity contribution in [2.24, 2.45) is 5.73 Å². The van der Waals surface area contributed by atoms with Gasteiger partial charge < -0.3 is 29.4 Å². The van der Waals surface area contributed by atoms with Crippen molar-refractivity contribution in [1.29, 1.82) is 5.26 Å². The number of fused-ring (bicyclic) bond motifs is 1. The number of unbranched alkanes of at least 4 members (excludes halogenated alkanes) is 1. The van der Waals surface area contributed by atoms with Gasteiger partial charge in [-0.15, -0.1) is 0 Å². The van der Waals surface area contributed by atoms with Crippen LogP contribution in [0.4, 0.5) is 0 Å². The standard InChI is InChI=1S/C30H30N2O6/c1-3-5-15-35-25-14-11-20(16-27(25)34-4-2)29-23-13-12-22(17-26(23)38-30(32)24(29)18-31)37-28(33)19-36-21-9-7-6-8-10-21/h6-14,16-17,29H,3-5,15,19,32H2,1-2H3. The van der Waals surface area contributed by atoms with Crippen molar-refractivity contribution in [3.8, 4) is 34.8 Å². The number of para-hydroxylation sites is 1. The zero-order chi connectivity index (χ0) is 26.9. The van der Waals surface area contributed by atoms with Crippen molar-refractivity contribution in [3.63, 3.8) is 0 Å². The Hall–Kier alpha value is -4.64. The van der Waals surface area contributed by atoms with E-state index in [-0.39, 0.29) is 23.8 Å². The molecule has 1 aliphatic rings. The van der Waals surface area contributed by atoms with Crippen LogP contribution in [0.15, 0.2) is 78.2 Å². The van der Waals surface area contributed by atoms with Gasteiger partial charge in [0, 0.05) is 11.6 Å². The number of esters is 1. The average molecular weight is 515 g/mol. The van der Waals surface area contributed by atoms with Gasteiger partial charge in [0.05, 0.1) is 19.1 Å². The molecule has 1 atom stereocenters. The van der Waals surface area contributed by atoms with Gasteiger partial charge in [-0.2, -0.15) is 5.26 Å². The fourth-order valence-electron chi connectivity index (χ4n) is 4.08. The SMILES string of the molecule is CCCCOc1ccc(C2C(C#N)=C(N)Oc3cc(OC(=O)COc4ccccc4)ccc32)cc1OCC. The van der Waals surface area contributed by atoms with Crippen molar-refractivity contribution in [2.45, 2.75) is 32.6 Å². The second-order valence-corrected chi connectivity index (χ2v) is 8.54. The van der Waals surface area contributed by atoms with E-state index in [0.717, 1.165) is 18.4 Å². The fraction of sp³-hybridized carbons (Fsp3) is 0.267. The number of hydrogen-bond donors (Lipinski definition) is 1. The molecule has 2 N–H and O–H groups in total. The molecule has 0 spiro atoms. The highest BCUT2D eigenvalue weighted by atomic mass is 16.6. The summed E-state index contributed by atoms with van der Waals surface area (Å²) in [6.07, 6.45) is 1.96. The third-order valence-electron chi connectivity index (χ3n) is 5.88. The molecule has 0 aromatic heterocycles. The minimum Gasteiger partial charge on any atom is -0.490 e. The van der Waals surface area contributed by atoms with Gasteiger partial charge in [-0.25, -0.2) is 4.79 Å². The molecular formula is C30H30N2O6. The predicted octanol–water partition coefficient (Wildman–Crippen LogP) is 5.47. The number of carbonyl (C=O) groups excluding carboxylic acids is 1. The van der Waals surface area contributed by atoms with Crippen LogP contribution in [0.1, 0.15) is 43.7 Å². The Labute approximate surface area is 222 Å². The predicted molar refractivity (Wildman–Crippen MR) is 141 cm³/mol. The lowest BCUT2D eigenvalue weighted by Crippen LogP contribution is -2.22. The summed E-state index contributed by atoms with van der Waals surface area (Å²) < 4.78 is 28.4. The van der Waals surface area contributed by atoms with Gasteiger partial charge in [0.25, 0.3) is 0 Å². The summed E-state index contributed by atoms with van der Waals surface area (Å²) >= 11 is 0. The molecule has 0 bridgehead atoms. The number of ether oxygens (including phenoxy) is 5. The van der Waals surface area contributed by atoms with E-state index in [4.69, 9.17) is 29.4 Å². The maximum Gasteiger partial charge on any atom is 0.349 e. The van der Waals surface area contributed by atoms with Crippen LogP contribution in [0, 0.1) is 11.3 Å². The molecule has 0 saturated heterocycles. The van der Waals surface area contributed by atoms with Gasteiger partial charge in [-0.1, -0.05) is 43.7 Å². The van der Waals surface area contributed by atoms with Crippen LogP contribution in [0.25, 0.3) is 0 Å². The quantitative estimate of drug-likeness (QED) is 0.204. The Morgan fingerprint density at radius 3 is 2.53 bits per heavy atom. The number of hydrogen-bond acceptors (Lipinski definition) is 8. The first kappa shape index (κ1) is 26.4. The van der Waals surface area contributed by atoms with Crippen LogP contribution >= 0.6 is 0 Å². The van der Waals surface area contributed by atoms with Crippen LogP contribution in [-0.4, -0.2) is 25.8 Å². The van der Waals surface area contributed by atoms with E-state index in [0.29, 0.717) is 41.8 Å². The lowest BCUT2D eigenvalue weighted by molar-refractivity contribution is -0.136. The van der Waals surface area contributed by atoms with E-state index in [9.17, 15) is 10.1 Å². The van der Waals surface area contributed by atoms with Crippen molar-refractivity contribution < 1.29 is 28.5 Å². The van der Waals surface area contributed by atoms with Gasteiger partial charge in [-0.3, -0.25) is 0 Å². The summed E-state index contributed by atoms with van der Waals surface area (Å²) in [4.78, 5) is 12.3. The van der Waals surface area contributed by atoms with Gasteiger partial charge in [0.1, 0.15) is 28.9 Å². The van der Waals surface area contributed by atoms with Crippen molar-refractivity contribution in [2.75, 3.05) is 19.8 Å². The molecule has 38 heavy (non-hydrogen) atoms. The van der Waals surface area contributed by atoms with E-state index in [1.165, 1.54) is 0 Å². The van der Waals surface area contributed by atoms with Crippen LogP contribution in [-0.2, 0) is 4.79 Å². The maximum absolute atomic E-state index is 12.3. The molecule has 0 radical (unpaired) electrons. The Morgan fingerprint density at radius 2 is 1.79 bits per heavy atom. The van der Waals surface area contributed by atoms with Gasteiger partial charge >= 0.3 is 5.97 Å². The monoisotopic (exact) mass is 514 g/mol. The number of rotatable bonds is 11. The second kappa shape index (κ2) is 12.5. The molecule has 1 unspecified atom stereocenters. The van der Waals surface area contributed by atoms with Crippen LogP contribution < -0.4 is 29.4 Å². The second-order valence-electron chi connectivity index (χ2n) is 8.54. The first-order valence-corrected chi connectivity index (χ1v) is 12.5. The molecule has 8 heteroatoms. The number of benzene rings is 3. The molecule has 0 aliphatic carbocycles. The number of nitrogens with zero attached hydrogens (tertiary/aromatic N) is 1. The summed E-state index contributed by atoms with van der Waals surface area (Å²) in [5, 5.41) is 9.91. The Bertz CT molecular complexity index is 1350. The normalized spacial score (nSPS) is 14.1. The molecule has 1 aliphatic heterocycles. The van der Waals surface area contributed by atoms with Gasteiger partial charge in [0.2, 0.25) is 5.88 Å². The fourth-order valence-corrected chi connectivity index (χ4v) is 4.08. The highest BCUT2D eigenvalue weighted by molar-refractivity contribution is 5.74. The van der Waals surface area contributed by atoms with Gasteiger partial charge in [0.15, 0.2) is 18.1 Å². The number of nitrogens with two attached hydrogens (primary N) is 1. The molecule has 0 amide bonds. The van der Waals surface area contributed by atoms with Crippen LogP contribution in [0.2, 0.25) is 0 Å². The van der Waals surface area contributed by atoms with E-state index < -0.39 is 11.9 Å². The van der Waals surface area contributed by atoms with E-state index in [2.05, 4.69) is 13.0 Å². The number of allylic oxidation sites excluding steroid dienone is 1. The highest BCUT2D eigenvalue weighted by Crippen LogP contribution is 2.45. The molecule has 3 aromatic rings.